The van der Waals surface area contributed by atoms with Crippen LogP contribution in [0.2, 0.25) is 0 Å². The third-order valence-electron chi connectivity index (χ3n) is 4.94. The molecular weight excluding hydrogens is 350 g/mol. The van der Waals surface area contributed by atoms with Crippen LogP contribution in [0.25, 0.3) is 0 Å². The van der Waals surface area contributed by atoms with Gasteiger partial charge in [-0.25, -0.2) is 0 Å². The van der Waals surface area contributed by atoms with Crippen LogP contribution >= 0.6 is 0 Å². The molecule has 2 aromatic carbocycles. The number of carbonyl (C=O) groups excluding carboxylic acids is 1. The Bertz CT molecular complexity index is 740. The molecule has 6 heteroatoms. The van der Waals surface area contributed by atoms with Gasteiger partial charge in [0.1, 0.15) is 0 Å². The molecule has 140 valence electrons. The predicted octanol–water partition coefficient (Wildman–Crippen LogP) is 0.0544. The number of halogens is 1. The summed E-state index contributed by atoms with van der Waals surface area (Å²) in [5.41, 5.74) is 9.70. The van der Waals surface area contributed by atoms with Gasteiger partial charge in [0.2, 0.25) is 0 Å². The topological polar surface area (TPSA) is 87.4 Å². The normalized spacial score (nSPS) is 20.8. The number of carbonyl (C=O) groups is 1. The van der Waals surface area contributed by atoms with E-state index in [1.54, 1.807) is 12.1 Å². The van der Waals surface area contributed by atoms with E-state index >= 15 is 0 Å². The van der Waals surface area contributed by atoms with Crippen LogP contribution in [-0.2, 0) is 0 Å². The van der Waals surface area contributed by atoms with Gasteiger partial charge in [-0.15, -0.1) is 0 Å². The van der Waals surface area contributed by atoms with Crippen molar-refractivity contribution in [3.63, 3.8) is 0 Å². The lowest BCUT2D eigenvalue weighted by Gasteiger charge is -2.10. The molecule has 1 amide bonds. The number of rotatable bonds is 7. The fourth-order valence-electron chi connectivity index (χ4n) is 3.10. The van der Waals surface area contributed by atoms with Gasteiger partial charge in [0, 0.05) is 34.9 Å². The maximum atomic E-state index is 12.3. The Morgan fingerprint density at radius 3 is 2.35 bits per heavy atom. The molecule has 2 unspecified atom stereocenters. The molecule has 0 spiro atoms. The van der Waals surface area contributed by atoms with Gasteiger partial charge < -0.3 is 33.9 Å². The van der Waals surface area contributed by atoms with Gasteiger partial charge in [-0.1, -0.05) is 19.1 Å². The first-order valence-electron chi connectivity index (χ1n) is 8.71. The van der Waals surface area contributed by atoms with E-state index in [-0.39, 0.29) is 31.9 Å². The van der Waals surface area contributed by atoms with Crippen LogP contribution in [0.1, 0.15) is 43.0 Å². The lowest BCUT2D eigenvalue weighted by Crippen LogP contribution is -3.00. The van der Waals surface area contributed by atoms with E-state index in [0.29, 0.717) is 18.0 Å². The minimum absolute atomic E-state index is 0. The molecule has 0 radical (unpaired) electrons. The molecule has 0 aromatic heterocycles. The second-order valence-electron chi connectivity index (χ2n) is 6.65. The number of aliphatic hydroxyl groups is 1. The van der Waals surface area contributed by atoms with E-state index in [9.17, 15) is 4.79 Å². The Balaban J connectivity index is 0.00000182. The number of nitrogens with two attached hydrogens (primary N) is 1. The van der Waals surface area contributed by atoms with Crippen molar-refractivity contribution in [3.8, 4) is 0 Å². The molecule has 5 nitrogen and oxygen atoms in total. The molecule has 1 aliphatic rings. The number of amides is 1. The molecule has 2 aromatic rings. The smallest absolute Gasteiger partial charge is 1.00 e. The van der Waals surface area contributed by atoms with E-state index < -0.39 is 0 Å². The van der Waals surface area contributed by atoms with Crippen LogP contribution in [-0.4, -0.2) is 29.7 Å². The summed E-state index contributed by atoms with van der Waals surface area (Å²) in [5, 5.41) is 14.8. The first-order valence-corrected chi connectivity index (χ1v) is 8.71. The van der Waals surface area contributed by atoms with Gasteiger partial charge in [-0.05, 0) is 54.8 Å². The van der Waals surface area contributed by atoms with Crippen LogP contribution in [0.15, 0.2) is 48.5 Å². The highest BCUT2D eigenvalue weighted by Crippen LogP contribution is 2.51. The van der Waals surface area contributed by atoms with Crippen LogP contribution in [0.3, 0.4) is 0 Å². The Kier molecular flexibility index (Phi) is 6.64. The Labute approximate surface area is 161 Å². The zero-order chi connectivity index (χ0) is 17.9. The lowest BCUT2D eigenvalue weighted by molar-refractivity contribution is -0.0000140. The average Bonchev–Trinajstić information content (AvgIpc) is 3.33. The van der Waals surface area contributed by atoms with Gasteiger partial charge in [0.05, 0.1) is 6.61 Å². The summed E-state index contributed by atoms with van der Waals surface area (Å²) in [6.07, 6.45) is 2.02. The first-order chi connectivity index (χ1) is 12.1. The third kappa shape index (κ3) is 4.55. The summed E-state index contributed by atoms with van der Waals surface area (Å²) >= 11 is 0. The van der Waals surface area contributed by atoms with Gasteiger partial charge in [-0.3, -0.25) is 4.79 Å². The zero-order valence-corrected chi connectivity index (χ0v) is 15.6. The Morgan fingerprint density at radius 1 is 1.19 bits per heavy atom. The monoisotopic (exact) mass is 375 g/mol. The highest BCUT2D eigenvalue weighted by molar-refractivity contribution is 6.04. The molecule has 5 N–H and O–H groups in total. The molecule has 0 saturated heterocycles. The van der Waals surface area contributed by atoms with Crippen LogP contribution < -0.4 is 28.8 Å². The van der Waals surface area contributed by atoms with Crippen molar-refractivity contribution in [1.82, 2.24) is 0 Å². The van der Waals surface area contributed by atoms with Crippen molar-refractivity contribution in [2.45, 2.75) is 31.2 Å². The standard InChI is InChI=1S/C20H25N3O2.ClH/c1-2-20(21)13-18(20)14-3-9-17(10-4-14)23-19(25)15-5-7-16(8-6-15)22-11-12-24;/h3-10,18,22,24H,2,11-13,21H2,1H3,(H,23,25);1H. The summed E-state index contributed by atoms with van der Waals surface area (Å²) in [5.74, 6) is 0.288. The van der Waals surface area contributed by atoms with Crippen molar-refractivity contribution in [2.75, 3.05) is 23.8 Å². The largest absolute Gasteiger partial charge is 1.00 e. The van der Waals surface area contributed by atoms with Gasteiger partial charge in [0.25, 0.3) is 5.91 Å². The molecule has 1 aliphatic carbocycles. The highest BCUT2D eigenvalue weighted by atomic mass is 35.5. The summed E-state index contributed by atoms with van der Waals surface area (Å²) in [7, 11) is 0. The number of hydrogen-bond donors (Lipinski definition) is 4. The van der Waals surface area contributed by atoms with E-state index in [4.69, 9.17) is 10.8 Å². The molecule has 1 saturated carbocycles. The highest BCUT2D eigenvalue weighted by Gasteiger charge is 2.49. The number of anilines is 2. The SMILES string of the molecule is CCC1(N)CC1c1ccc(NC(=O)c2ccc(NCCO)cc2)cc1.[Cl-].[H+]. The quantitative estimate of drug-likeness (QED) is 0.551. The first kappa shape index (κ1) is 20.2. The second kappa shape index (κ2) is 8.54. The predicted molar refractivity (Wildman–Crippen MR) is 102 cm³/mol. The number of aliphatic hydroxyl groups excluding tert-OH is 1. The van der Waals surface area contributed by atoms with Crippen LogP contribution in [0, 0.1) is 0 Å². The minimum Gasteiger partial charge on any atom is -1.00 e. The average molecular weight is 376 g/mol. The van der Waals surface area contributed by atoms with Crippen LogP contribution in [0.5, 0.6) is 0 Å². The third-order valence-corrected chi connectivity index (χ3v) is 4.94. The number of nitrogens with one attached hydrogen (secondary N) is 2. The zero-order valence-electron chi connectivity index (χ0n) is 15.8. The fourth-order valence-corrected chi connectivity index (χ4v) is 3.10. The lowest BCUT2D eigenvalue weighted by atomic mass is 10.0. The van der Waals surface area contributed by atoms with E-state index in [1.807, 2.05) is 36.4 Å². The van der Waals surface area contributed by atoms with Crippen molar-refractivity contribution in [2.24, 2.45) is 5.73 Å². The summed E-state index contributed by atoms with van der Waals surface area (Å²) in [6, 6.07) is 15.1. The van der Waals surface area contributed by atoms with Gasteiger partial charge in [0.15, 0.2) is 0 Å². The Morgan fingerprint density at radius 2 is 1.81 bits per heavy atom. The number of benzene rings is 2. The molecule has 26 heavy (non-hydrogen) atoms. The van der Waals surface area contributed by atoms with Crippen LogP contribution in [0.4, 0.5) is 11.4 Å². The van der Waals surface area contributed by atoms with E-state index in [0.717, 1.165) is 24.2 Å². The molecule has 0 bridgehead atoms. The van der Waals surface area contributed by atoms with Gasteiger partial charge in [-0.2, -0.15) is 0 Å². The summed E-state index contributed by atoms with van der Waals surface area (Å²) in [4.78, 5) is 12.3. The number of hydrogen-bond acceptors (Lipinski definition) is 4. The van der Waals surface area contributed by atoms with Crippen molar-refractivity contribution in [1.29, 1.82) is 0 Å². The molecule has 3 rings (SSSR count). The molecular formula is C20H26ClN3O2. The van der Waals surface area contributed by atoms with Crippen molar-refractivity contribution >= 4 is 17.3 Å². The minimum atomic E-state index is -0.144. The molecule has 0 heterocycles. The summed E-state index contributed by atoms with van der Waals surface area (Å²) < 4.78 is 0. The fraction of sp³-hybridized carbons (Fsp3) is 0.350. The maximum absolute atomic E-state index is 12.3. The van der Waals surface area contributed by atoms with E-state index in [1.165, 1.54) is 5.56 Å². The second-order valence-corrected chi connectivity index (χ2v) is 6.65. The Hall–Kier alpha value is -2.08. The van der Waals surface area contributed by atoms with Crippen molar-refractivity contribution in [3.05, 3.63) is 59.7 Å². The molecule has 1 fully saturated rings. The maximum Gasteiger partial charge on any atom is 1.00 e. The molecule has 2 atom stereocenters. The molecule has 0 aliphatic heterocycles. The van der Waals surface area contributed by atoms with Gasteiger partial charge >= 0.3 is 1.43 Å². The summed E-state index contributed by atoms with van der Waals surface area (Å²) in [6.45, 7) is 2.68. The van der Waals surface area contributed by atoms with E-state index in [2.05, 4.69) is 17.6 Å². The van der Waals surface area contributed by atoms with Crippen molar-refractivity contribution < 1.29 is 23.7 Å².